The number of aromatic nitrogens is 1. The van der Waals surface area contributed by atoms with Crippen molar-refractivity contribution >= 4 is 34.7 Å². The Morgan fingerprint density at radius 2 is 1.97 bits per heavy atom. The Bertz CT molecular complexity index is 1290. The minimum atomic E-state index is -0.549. The molecule has 9 nitrogen and oxygen atoms in total. The third kappa shape index (κ3) is 5.27. The highest BCUT2D eigenvalue weighted by molar-refractivity contribution is 7.13. The molecule has 0 aliphatic carbocycles. The molecule has 182 valence electrons. The lowest BCUT2D eigenvalue weighted by Crippen LogP contribution is -2.41. The van der Waals surface area contributed by atoms with Gasteiger partial charge < -0.3 is 19.9 Å². The summed E-state index contributed by atoms with van der Waals surface area (Å²) in [6.07, 6.45) is -0.534. The van der Waals surface area contributed by atoms with Gasteiger partial charge in [0.15, 0.2) is 11.5 Å². The Balaban J connectivity index is 1.51. The molecule has 2 heterocycles. The van der Waals surface area contributed by atoms with Crippen molar-refractivity contribution in [2.24, 2.45) is 5.10 Å². The summed E-state index contributed by atoms with van der Waals surface area (Å²) in [6, 6.07) is 12.1. The number of rotatable bonds is 7. The van der Waals surface area contributed by atoms with Crippen molar-refractivity contribution in [3.05, 3.63) is 69.2 Å². The Labute approximate surface area is 207 Å². The predicted octanol–water partition coefficient (Wildman–Crippen LogP) is 4.86. The summed E-state index contributed by atoms with van der Waals surface area (Å²) in [6.45, 7) is 5.75. The third-order valence-electron chi connectivity index (χ3n) is 5.49. The molecule has 0 fully saturated rings. The molecule has 0 saturated heterocycles. The number of thiazole rings is 1. The second kappa shape index (κ2) is 10.1. The first-order valence-electron chi connectivity index (χ1n) is 11.1. The van der Waals surface area contributed by atoms with Crippen molar-refractivity contribution in [1.29, 1.82) is 0 Å². The molecule has 1 atom stereocenters. The van der Waals surface area contributed by atoms with E-state index in [1.54, 1.807) is 30.3 Å². The molecule has 1 unspecified atom stereocenters. The average Bonchev–Trinajstić information content (AvgIpc) is 3.19. The molecular formula is C25H26N4O5S. The number of carbonyl (C=O) groups is 2. The summed E-state index contributed by atoms with van der Waals surface area (Å²) in [5, 5.41) is 19.7. The number of methoxy groups -OCH3 is 1. The molecule has 1 aliphatic heterocycles. The molecule has 3 aromatic rings. The van der Waals surface area contributed by atoms with Crippen LogP contribution in [0.3, 0.4) is 0 Å². The highest BCUT2D eigenvalue weighted by atomic mass is 32.1. The number of nitrogens with zero attached hydrogens (tertiary/aromatic N) is 3. The van der Waals surface area contributed by atoms with Crippen molar-refractivity contribution in [2.75, 3.05) is 12.4 Å². The second-order valence-corrected chi connectivity index (χ2v) is 9.21. The van der Waals surface area contributed by atoms with Crippen LogP contribution in [0.15, 0.2) is 47.6 Å². The van der Waals surface area contributed by atoms with Gasteiger partial charge in [0.05, 0.1) is 24.4 Å². The average molecular weight is 495 g/mol. The standard InChI is InChI=1S/C25H26N4O5S/c1-5-20-22(17-8-11-21(33-4)19(30)12-17)28-29(25(32)34-20)13-16-6-9-18(10-7-16)27-24(31)23-14(2)26-15(3)35-23/h6-12,20,30H,5,13H2,1-4H3,(H,27,31). The molecule has 1 aromatic heterocycles. The van der Waals surface area contributed by atoms with Crippen molar-refractivity contribution in [3.63, 3.8) is 0 Å². The number of phenolic OH excluding ortho intramolecular Hbond substituents is 1. The van der Waals surface area contributed by atoms with Crippen LogP contribution in [0.1, 0.15) is 44.8 Å². The van der Waals surface area contributed by atoms with Crippen molar-refractivity contribution in [2.45, 2.75) is 39.8 Å². The first-order chi connectivity index (χ1) is 16.8. The molecule has 2 N–H and O–H groups in total. The lowest BCUT2D eigenvalue weighted by Gasteiger charge is -2.29. The fraction of sp³-hybridized carbons (Fsp3) is 0.280. The monoisotopic (exact) mass is 494 g/mol. The molecule has 0 bridgehead atoms. The topological polar surface area (TPSA) is 113 Å². The fourth-order valence-electron chi connectivity index (χ4n) is 3.74. The number of aromatic hydroxyl groups is 1. The van der Waals surface area contributed by atoms with Crippen LogP contribution in [0.2, 0.25) is 0 Å². The van der Waals surface area contributed by atoms with E-state index in [0.29, 0.717) is 39.7 Å². The van der Waals surface area contributed by atoms with Crippen LogP contribution in [0.4, 0.5) is 10.5 Å². The van der Waals surface area contributed by atoms with E-state index in [-0.39, 0.29) is 18.2 Å². The Hall–Kier alpha value is -3.92. The van der Waals surface area contributed by atoms with Gasteiger partial charge in [0.2, 0.25) is 0 Å². The van der Waals surface area contributed by atoms with Gasteiger partial charge in [-0.2, -0.15) is 10.1 Å². The third-order valence-corrected chi connectivity index (χ3v) is 6.56. The molecule has 0 saturated carbocycles. The van der Waals surface area contributed by atoms with Crippen LogP contribution in [0, 0.1) is 13.8 Å². The number of anilines is 1. The number of benzene rings is 2. The van der Waals surface area contributed by atoms with E-state index >= 15 is 0 Å². The van der Waals surface area contributed by atoms with Gasteiger partial charge in [-0.3, -0.25) is 4.79 Å². The summed E-state index contributed by atoms with van der Waals surface area (Å²) in [4.78, 5) is 30.0. The number of aryl methyl sites for hydroxylation is 2. The summed E-state index contributed by atoms with van der Waals surface area (Å²) < 4.78 is 10.7. The first kappa shape index (κ1) is 24.2. The van der Waals surface area contributed by atoms with E-state index in [0.717, 1.165) is 10.6 Å². The molecular weight excluding hydrogens is 468 g/mol. The van der Waals surface area contributed by atoms with Gasteiger partial charge in [-0.15, -0.1) is 11.3 Å². The zero-order chi connectivity index (χ0) is 25.1. The maximum Gasteiger partial charge on any atom is 0.431 e. The number of hydrogen-bond acceptors (Lipinski definition) is 8. The quantitative estimate of drug-likeness (QED) is 0.485. The summed E-state index contributed by atoms with van der Waals surface area (Å²) in [5.41, 5.74) is 3.33. The normalized spacial score (nSPS) is 15.4. The molecule has 1 aliphatic rings. The minimum Gasteiger partial charge on any atom is -0.504 e. The van der Waals surface area contributed by atoms with Crippen LogP contribution in [-0.2, 0) is 11.3 Å². The number of hydrazone groups is 1. The second-order valence-electron chi connectivity index (χ2n) is 8.01. The van der Waals surface area contributed by atoms with Gasteiger partial charge in [-0.1, -0.05) is 19.1 Å². The van der Waals surface area contributed by atoms with Gasteiger partial charge in [-0.25, -0.2) is 9.78 Å². The summed E-state index contributed by atoms with van der Waals surface area (Å²) in [5.74, 6) is 0.121. The fourth-order valence-corrected chi connectivity index (χ4v) is 4.55. The smallest absolute Gasteiger partial charge is 0.431 e. The number of carbonyl (C=O) groups excluding carboxylic acids is 2. The number of phenols is 1. The van der Waals surface area contributed by atoms with Crippen LogP contribution >= 0.6 is 11.3 Å². The van der Waals surface area contributed by atoms with E-state index in [4.69, 9.17) is 9.47 Å². The van der Waals surface area contributed by atoms with E-state index in [9.17, 15) is 14.7 Å². The molecule has 0 radical (unpaired) electrons. The number of cyclic esters (lactones) is 1. The van der Waals surface area contributed by atoms with Crippen molar-refractivity contribution in [1.82, 2.24) is 9.99 Å². The van der Waals surface area contributed by atoms with E-state index in [1.807, 2.05) is 32.9 Å². The van der Waals surface area contributed by atoms with Crippen LogP contribution < -0.4 is 10.1 Å². The van der Waals surface area contributed by atoms with Crippen LogP contribution in [-0.4, -0.2) is 46.0 Å². The largest absolute Gasteiger partial charge is 0.504 e. The number of hydrogen-bond donors (Lipinski definition) is 2. The predicted molar refractivity (Wildman–Crippen MR) is 133 cm³/mol. The number of amides is 2. The molecule has 0 spiro atoms. The SMILES string of the molecule is CCC1OC(=O)N(Cc2ccc(NC(=O)c3sc(C)nc3C)cc2)N=C1c1ccc(OC)c(O)c1. The van der Waals surface area contributed by atoms with Gasteiger partial charge in [0.25, 0.3) is 5.91 Å². The van der Waals surface area contributed by atoms with E-state index < -0.39 is 12.2 Å². The Morgan fingerprint density at radius 3 is 2.57 bits per heavy atom. The van der Waals surface area contributed by atoms with Gasteiger partial charge in [-0.05, 0) is 56.2 Å². The molecule has 2 amide bonds. The Morgan fingerprint density at radius 1 is 1.23 bits per heavy atom. The lowest BCUT2D eigenvalue weighted by molar-refractivity contribution is 0.0712. The maximum atomic E-state index is 12.6. The van der Waals surface area contributed by atoms with Crippen molar-refractivity contribution < 1.29 is 24.2 Å². The van der Waals surface area contributed by atoms with Gasteiger partial charge in [0, 0.05) is 11.3 Å². The summed E-state index contributed by atoms with van der Waals surface area (Å²) in [7, 11) is 1.48. The lowest BCUT2D eigenvalue weighted by atomic mass is 10.0. The Kier molecular flexibility index (Phi) is 7.02. The minimum absolute atomic E-state index is 0.0210. The molecule has 10 heteroatoms. The van der Waals surface area contributed by atoms with Gasteiger partial charge >= 0.3 is 6.09 Å². The van der Waals surface area contributed by atoms with Gasteiger partial charge in [0.1, 0.15) is 16.7 Å². The highest BCUT2D eigenvalue weighted by Crippen LogP contribution is 2.29. The highest BCUT2D eigenvalue weighted by Gasteiger charge is 2.31. The maximum absolute atomic E-state index is 12.6. The number of ether oxygens (including phenoxy) is 2. The zero-order valence-electron chi connectivity index (χ0n) is 19.9. The van der Waals surface area contributed by atoms with Crippen LogP contribution in [0.5, 0.6) is 11.5 Å². The zero-order valence-corrected chi connectivity index (χ0v) is 20.7. The molecule has 2 aromatic carbocycles. The van der Waals surface area contributed by atoms with Crippen LogP contribution in [0.25, 0.3) is 0 Å². The number of nitrogens with one attached hydrogen (secondary N) is 1. The van der Waals surface area contributed by atoms with E-state index in [1.165, 1.54) is 23.5 Å². The van der Waals surface area contributed by atoms with E-state index in [2.05, 4.69) is 15.4 Å². The molecule has 4 rings (SSSR count). The first-order valence-corrected chi connectivity index (χ1v) is 11.9. The summed E-state index contributed by atoms with van der Waals surface area (Å²) >= 11 is 1.35. The molecule has 35 heavy (non-hydrogen) atoms. The van der Waals surface area contributed by atoms with Crippen molar-refractivity contribution in [3.8, 4) is 11.5 Å².